The molecule has 1 aliphatic rings. The first-order chi connectivity index (χ1) is 8.66. The molecule has 1 aromatic rings. The van der Waals surface area contributed by atoms with Crippen molar-refractivity contribution in [2.45, 2.75) is 20.3 Å². The molecular weight excluding hydrogens is 224 g/mol. The van der Waals surface area contributed by atoms with E-state index >= 15 is 0 Å². The summed E-state index contributed by atoms with van der Waals surface area (Å²) < 4.78 is 0. The number of rotatable bonds is 4. The van der Waals surface area contributed by atoms with Crippen molar-refractivity contribution in [3.8, 4) is 0 Å². The summed E-state index contributed by atoms with van der Waals surface area (Å²) in [5.41, 5.74) is 3.30. The van der Waals surface area contributed by atoms with Crippen molar-refractivity contribution < 1.29 is 4.79 Å². The van der Waals surface area contributed by atoms with Gasteiger partial charge in [-0.1, -0.05) is 12.1 Å². The van der Waals surface area contributed by atoms with Crippen LogP contribution >= 0.6 is 0 Å². The Balaban J connectivity index is 1.88. The standard InChI is InChI=1S/C15H22N2O/c1-12-3-4-14(11-13(12)2)15(18)5-8-17-9-6-16-7-10-17/h3-4,11,16H,5-10H2,1-2H3. The fourth-order valence-corrected chi connectivity index (χ4v) is 2.25. The van der Waals surface area contributed by atoms with Crippen molar-refractivity contribution in [1.82, 2.24) is 10.2 Å². The minimum atomic E-state index is 0.261. The highest BCUT2D eigenvalue weighted by molar-refractivity contribution is 5.96. The predicted molar refractivity (Wildman–Crippen MR) is 74.2 cm³/mol. The maximum absolute atomic E-state index is 12.1. The number of piperazine rings is 1. The van der Waals surface area contributed by atoms with Crippen molar-refractivity contribution in [1.29, 1.82) is 0 Å². The number of aryl methyl sites for hydroxylation is 2. The summed E-state index contributed by atoms with van der Waals surface area (Å²) in [4.78, 5) is 14.5. The number of ketones is 1. The molecule has 0 aliphatic carbocycles. The first kappa shape index (κ1) is 13.2. The molecule has 0 unspecified atom stereocenters. The van der Waals surface area contributed by atoms with Crippen LogP contribution in [0.25, 0.3) is 0 Å². The molecule has 0 atom stereocenters. The second kappa shape index (κ2) is 6.12. The normalized spacial score (nSPS) is 16.8. The summed E-state index contributed by atoms with van der Waals surface area (Å²) >= 11 is 0. The Hall–Kier alpha value is -1.19. The van der Waals surface area contributed by atoms with E-state index in [1.807, 2.05) is 18.2 Å². The van der Waals surface area contributed by atoms with Gasteiger partial charge in [0.05, 0.1) is 0 Å². The van der Waals surface area contributed by atoms with Crippen LogP contribution in [-0.4, -0.2) is 43.4 Å². The monoisotopic (exact) mass is 246 g/mol. The van der Waals surface area contributed by atoms with Gasteiger partial charge < -0.3 is 10.2 Å². The summed E-state index contributed by atoms with van der Waals surface area (Å²) in [6, 6.07) is 5.99. The molecule has 1 N–H and O–H groups in total. The lowest BCUT2D eigenvalue weighted by molar-refractivity contribution is 0.0960. The molecule has 1 fully saturated rings. The van der Waals surface area contributed by atoms with E-state index in [4.69, 9.17) is 0 Å². The molecule has 0 radical (unpaired) electrons. The number of Topliss-reactive ketones (excluding diaryl/α,β-unsaturated/α-hetero) is 1. The van der Waals surface area contributed by atoms with E-state index in [0.717, 1.165) is 38.3 Å². The Morgan fingerprint density at radius 2 is 1.94 bits per heavy atom. The van der Waals surface area contributed by atoms with Gasteiger partial charge in [0, 0.05) is 44.7 Å². The van der Waals surface area contributed by atoms with Crippen molar-refractivity contribution >= 4 is 5.78 Å². The van der Waals surface area contributed by atoms with Crippen molar-refractivity contribution in [3.05, 3.63) is 34.9 Å². The third kappa shape index (κ3) is 3.40. The number of carbonyl (C=O) groups is 1. The second-order valence-corrected chi connectivity index (χ2v) is 5.06. The molecule has 1 aromatic carbocycles. The number of benzene rings is 1. The molecule has 0 amide bonds. The highest BCUT2D eigenvalue weighted by Crippen LogP contribution is 2.12. The molecule has 0 bridgehead atoms. The molecule has 2 rings (SSSR count). The highest BCUT2D eigenvalue weighted by atomic mass is 16.1. The van der Waals surface area contributed by atoms with Crippen LogP contribution < -0.4 is 5.32 Å². The van der Waals surface area contributed by atoms with Gasteiger partial charge in [-0.25, -0.2) is 0 Å². The first-order valence-electron chi connectivity index (χ1n) is 6.70. The summed E-state index contributed by atoms with van der Waals surface area (Å²) in [5, 5.41) is 3.32. The van der Waals surface area contributed by atoms with Crippen LogP contribution in [-0.2, 0) is 0 Å². The molecule has 1 saturated heterocycles. The lowest BCUT2D eigenvalue weighted by Crippen LogP contribution is -2.44. The molecule has 3 nitrogen and oxygen atoms in total. The lowest BCUT2D eigenvalue weighted by atomic mass is 10.0. The zero-order chi connectivity index (χ0) is 13.0. The molecule has 98 valence electrons. The Morgan fingerprint density at radius 1 is 1.22 bits per heavy atom. The number of nitrogens with one attached hydrogen (secondary N) is 1. The fraction of sp³-hybridized carbons (Fsp3) is 0.533. The topological polar surface area (TPSA) is 32.3 Å². The van der Waals surface area contributed by atoms with Crippen LogP contribution in [0.4, 0.5) is 0 Å². The van der Waals surface area contributed by atoms with Gasteiger partial charge in [-0.05, 0) is 31.0 Å². The van der Waals surface area contributed by atoms with Gasteiger partial charge in [0.2, 0.25) is 0 Å². The zero-order valence-corrected chi connectivity index (χ0v) is 11.3. The quantitative estimate of drug-likeness (QED) is 0.822. The van der Waals surface area contributed by atoms with Crippen LogP contribution in [0.15, 0.2) is 18.2 Å². The minimum absolute atomic E-state index is 0.261. The van der Waals surface area contributed by atoms with Gasteiger partial charge in [-0.3, -0.25) is 4.79 Å². The Kier molecular flexibility index (Phi) is 4.50. The largest absolute Gasteiger partial charge is 0.314 e. The molecule has 18 heavy (non-hydrogen) atoms. The summed E-state index contributed by atoms with van der Waals surface area (Å²) in [5.74, 6) is 0.261. The average molecular weight is 246 g/mol. The van der Waals surface area contributed by atoms with Gasteiger partial charge in [-0.2, -0.15) is 0 Å². The minimum Gasteiger partial charge on any atom is -0.314 e. The van der Waals surface area contributed by atoms with E-state index in [9.17, 15) is 4.79 Å². The average Bonchev–Trinajstić information content (AvgIpc) is 2.40. The Labute approximate surface area is 109 Å². The van der Waals surface area contributed by atoms with Crippen molar-refractivity contribution in [2.75, 3.05) is 32.7 Å². The molecule has 0 aromatic heterocycles. The first-order valence-corrected chi connectivity index (χ1v) is 6.70. The van der Waals surface area contributed by atoms with Gasteiger partial charge in [0.15, 0.2) is 5.78 Å². The van der Waals surface area contributed by atoms with Gasteiger partial charge in [0.1, 0.15) is 0 Å². The molecule has 0 saturated carbocycles. The lowest BCUT2D eigenvalue weighted by Gasteiger charge is -2.26. The molecule has 1 aliphatic heterocycles. The number of hydrogen-bond donors (Lipinski definition) is 1. The van der Waals surface area contributed by atoms with E-state index in [-0.39, 0.29) is 5.78 Å². The molecule has 0 spiro atoms. The van der Waals surface area contributed by atoms with Gasteiger partial charge in [0.25, 0.3) is 0 Å². The van der Waals surface area contributed by atoms with Crippen LogP contribution in [0.2, 0.25) is 0 Å². The zero-order valence-electron chi connectivity index (χ0n) is 11.3. The predicted octanol–water partition coefficient (Wildman–Crippen LogP) is 1.78. The van der Waals surface area contributed by atoms with E-state index in [2.05, 4.69) is 24.1 Å². The molecule has 1 heterocycles. The third-order valence-electron chi connectivity index (χ3n) is 3.69. The number of carbonyl (C=O) groups excluding carboxylic acids is 1. The summed E-state index contributed by atoms with van der Waals surface area (Å²) in [6.07, 6.45) is 0.627. The molecular formula is C15H22N2O. The SMILES string of the molecule is Cc1ccc(C(=O)CCN2CCNCC2)cc1C. The van der Waals surface area contributed by atoms with Gasteiger partial charge >= 0.3 is 0 Å². The fourth-order valence-electron chi connectivity index (χ4n) is 2.25. The van der Waals surface area contributed by atoms with Gasteiger partial charge in [-0.15, -0.1) is 0 Å². The van der Waals surface area contributed by atoms with Crippen LogP contribution in [0.3, 0.4) is 0 Å². The maximum Gasteiger partial charge on any atom is 0.164 e. The van der Waals surface area contributed by atoms with E-state index in [1.54, 1.807) is 0 Å². The Bertz CT molecular complexity index is 423. The van der Waals surface area contributed by atoms with E-state index in [1.165, 1.54) is 11.1 Å². The maximum atomic E-state index is 12.1. The van der Waals surface area contributed by atoms with Crippen molar-refractivity contribution in [2.24, 2.45) is 0 Å². The second-order valence-electron chi connectivity index (χ2n) is 5.06. The summed E-state index contributed by atoms with van der Waals surface area (Å²) in [7, 11) is 0. The molecule has 3 heteroatoms. The number of hydrogen-bond acceptors (Lipinski definition) is 3. The smallest absolute Gasteiger partial charge is 0.164 e. The Morgan fingerprint density at radius 3 is 2.61 bits per heavy atom. The summed E-state index contributed by atoms with van der Waals surface area (Å²) in [6.45, 7) is 9.20. The van der Waals surface area contributed by atoms with E-state index in [0.29, 0.717) is 6.42 Å². The number of nitrogens with zero attached hydrogens (tertiary/aromatic N) is 1. The van der Waals surface area contributed by atoms with Crippen LogP contribution in [0.5, 0.6) is 0 Å². The van der Waals surface area contributed by atoms with Crippen LogP contribution in [0, 0.1) is 13.8 Å². The third-order valence-corrected chi connectivity index (χ3v) is 3.69. The van der Waals surface area contributed by atoms with Crippen LogP contribution in [0.1, 0.15) is 27.9 Å². The van der Waals surface area contributed by atoms with E-state index < -0.39 is 0 Å². The highest BCUT2D eigenvalue weighted by Gasteiger charge is 2.12. The van der Waals surface area contributed by atoms with Crippen molar-refractivity contribution in [3.63, 3.8) is 0 Å².